The van der Waals surface area contributed by atoms with Gasteiger partial charge in [0.05, 0.1) is 11.2 Å². The zero-order valence-corrected chi connectivity index (χ0v) is 19.1. The number of rotatable bonds is 5. The number of carbonyl (C=O) groups excluding carboxylic acids is 1. The lowest BCUT2D eigenvalue weighted by Gasteiger charge is -2.28. The predicted molar refractivity (Wildman–Crippen MR) is 133 cm³/mol. The number of hydrogen-bond donors (Lipinski definition) is 2. The third-order valence-electron chi connectivity index (χ3n) is 6.59. The molecule has 8 heteroatoms. The third kappa shape index (κ3) is 3.91. The molecule has 0 spiro atoms. The van der Waals surface area contributed by atoms with Crippen LogP contribution in [0.2, 0.25) is 0 Å². The molecule has 2 aliphatic rings. The largest absolute Gasteiger partial charge is 0.457 e. The molecule has 1 aliphatic carbocycles. The number of ether oxygens (including phenoxy) is 1. The average Bonchev–Trinajstić information content (AvgIpc) is 3.52. The van der Waals surface area contributed by atoms with Crippen molar-refractivity contribution in [1.29, 1.82) is 0 Å². The summed E-state index contributed by atoms with van der Waals surface area (Å²) in [6, 6.07) is 19.2. The molecule has 3 heterocycles. The average molecular weight is 468 g/mol. The summed E-state index contributed by atoms with van der Waals surface area (Å²) >= 11 is 0. The van der Waals surface area contributed by atoms with Crippen molar-refractivity contribution in [3.05, 3.63) is 78.6 Å². The lowest BCUT2D eigenvalue weighted by atomic mass is 10.0. The molecule has 8 nitrogen and oxygen atoms in total. The van der Waals surface area contributed by atoms with Gasteiger partial charge in [-0.15, -0.1) is 0 Å². The standard InChI is InChI=1S/C27H25N5O3/c28-26-29-15-10-22-23(18-11-16-31(17-12-18)25(33)27(34)13-14-27)30-24(32(22)26)19-6-8-21(9-7-19)35-20-4-2-1-3-5-20/h1-11,15,34H,12-14,16-17H2,(H2,28,29). The lowest BCUT2D eigenvalue weighted by Crippen LogP contribution is -2.42. The number of carbonyl (C=O) groups is 1. The highest BCUT2D eigenvalue weighted by atomic mass is 16.5. The lowest BCUT2D eigenvalue weighted by molar-refractivity contribution is -0.142. The Hall–Kier alpha value is -4.17. The van der Waals surface area contributed by atoms with Gasteiger partial charge in [-0.1, -0.05) is 24.3 Å². The second kappa shape index (κ2) is 8.25. The zero-order valence-electron chi connectivity index (χ0n) is 19.1. The molecule has 1 saturated carbocycles. The number of fused-ring (bicyclic) bond motifs is 1. The normalized spacial score (nSPS) is 16.7. The highest BCUT2D eigenvalue weighted by Gasteiger charge is 2.50. The second-order valence-electron chi connectivity index (χ2n) is 9.01. The van der Waals surface area contributed by atoms with Crippen LogP contribution in [-0.2, 0) is 4.79 Å². The van der Waals surface area contributed by atoms with Crippen molar-refractivity contribution < 1.29 is 14.6 Å². The number of aliphatic hydroxyl groups is 1. The summed E-state index contributed by atoms with van der Waals surface area (Å²) in [5, 5.41) is 10.2. The number of nitrogens with two attached hydrogens (primary N) is 1. The molecule has 1 fully saturated rings. The Balaban J connectivity index is 1.32. The van der Waals surface area contributed by atoms with Crippen molar-refractivity contribution in [2.75, 3.05) is 18.8 Å². The van der Waals surface area contributed by atoms with Crippen LogP contribution in [-0.4, -0.2) is 49.0 Å². The molecule has 35 heavy (non-hydrogen) atoms. The summed E-state index contributed by atoms with van der Waals surface area (Å²) in [7, 11) is 0. The number of nitrogens with zero attached hydrogens (tertiary/aromatic N) is 4. The number of nitrogen functional groups attached to an aromatic ring is 1. The highest BCUT2D eigenvalue weighted by molar-refractivity contribution is 5.89. The SMILES string of the molecule is Nc1nccc2c(C3=CCN(C(=O)C4(O)CC4)CC3)nc(-c3ccc(Oc4ccccc4)cc3)n12. The number of aromatic nitrogens is 3. The summed E-state index contributed by atoms with van der Waals surface area (Å²) < 4.78 is 7.77. The quantitative estimate of drug-likeness (QED) is 0.461. The van der Waals surface area contributed by atoms with E-state index < -0.39 is 5.60 Å². The van der Waals surface area contributed by atoms with Crippen molar-refractivity contribution in [1.82, 2.24) is 19.3 Å². The molecule has 0 atom stereocenters. The van der Waals surface area contributed by atoms with Gasteiger partial charge in [-0.25, -0.2) is 9.97 Å². The summed E-state index contributed by atoms with van der Waals surface area (Å²) in [5.41, 5.74) is 8.76. The molecule has 0 radical (unpaired) electrons. The van der Waals surface area contributed by atoms with Gasteiger partial charge >= 0.3 is 0 Å². The van der Waals surface area contributed by atoms with Gasteiger partial charge in [-0.2, -0.15) is 0 Å². The first-order valence-corrected chi connectivity index (χ1v) is 11.7. The van der Waals surface area contributed by atoms with Crippen molar-refractivity contribution in [2.45, 2.75) is 24.9 Å². The minimum absolute atomic E-state index is 0.172. The molecule has 6 rings (SSSR count). The van der Waals surface area contributed by atoms with E-state index in [1.54, 1.807) is 11.1 Å². The Labute approximate surface area is 202 Å². The molecule has 2 aromatic heterocycles. The van der Waals surface area contributed by atoms with E-state index in [-0.39, 0.29) is 5.91 Å². The number of hydrogen-bond acceptors (Lipinski definition) is 6. The smallest absolute Gasteiger partial charge is 0.254 e. The van der Waals surface area contributed by atoms with E-state index in [4.69, 9.17) is 15.5 Å². The Kier molecular flexibility index (Phi) is 5.04. The van der Waals surface area contributed by atoms with Crippen LogP contribution in [0.1, 0.15) is 25.0 Å². The molecular weight excluding hydrogens is 442 g/mol. The van der Waals surface area contributed by atoms with E-state index in [2.05, 4.69) is 4.98 Å². The van der Waals surface area contributed by atoms with E-state index >= 15 is 0 Å². The predicted octanol–water partition coefficient (Wildman–Crippen LogP) is 3.91. The molecule has 1 aliphatic heterocycles. The third-order valence-corrected chi connectivity index (χ3v) is 6.59. The van der Waals surface area contributed by atoms with Crippen LogP contribution in [0.15, 0.2) is 72.9 Å². The Morgan fingerprint density at radius 3 is 2.46 bits per heavy atom. The number of anilines is 1. The van der Waals surface area contributed by atoms with Crippen molar-refractivity contribution in [3.63, 3.8) is 0 Å². The summed E-state index contributed by atoms with van der Waals surface area (Å²) in [6.45, 7) is 1.00. The van der Waals surface area contributed by atoms with E-state index in [1.165, 1.54) is 0 Å². The van der Waals surface area contributed by atoms with Crippen molar-refractivity contribution >= 4 is 22.9 Å². The van der Waals surface area contributed by atoms with Gasteiger partial charge in [-0.05, 0) is 67.3 Å². The number of imidazole rings is 1. The molecule has 0 bridgehead atoms. The van der Waals surface area contributed by atoms with E-state index in [9.17, 15) is 9.90 Å². The van der Waals surface area contributed by atoms with E-state index in [0.29, 0.717) is 44.1 Å². The number of amides is 1. The van der Waals surface area contributed by atoms with Crippen LogP contribution >= 0.6 is 0 Å². The highest BCUT2D eigenvalue weighted by Crippen LogP contribution is 2.38. The summed E-state index contributed by atoms with van der Waals surface area (Å²) in [5.74, 6) is 2.37. The second-order valence-corrected chi connectivity index (χ2v) is 9.01. The van der Waals surface area contributed by atoms with Crippen molar-refractivity contribution in [3.8, 4) is 22.9 Å². The fraction of sp³-hybridized carbons (Fsp3) is 0.222. The van der Waals surface area contributed by atoms with Crippen LogP contribution in [0.3, 0.4) is 0 Å². The minimum Gasteiger partial charge on any atom is -0.457 e. The van der Waals surface area contributed by atoms with E-state index in [1.807, 2.05) is 71.1 Å². The summed E-state index contributed by atoms with van der Waals surface area (Å²) in [4.78, 5) is 23.5. The van der Waals surface area contributed by atoms with Gasteiger partial charge in [0.1, 0.15) is 22.9 Å². The first-order chi connectivity index (χ1) is 17.0. The number of benzene rings is 2. The van der Waals surface area contributed by atoms with Gasteiger partial charge in [0, 0.05) is 24.8 Å². The Morgan fingerprint density at radius 2 is 1.77 bits per heavy atom. The summed E-state index contributed by atoms with van der Waals surface area (Å²) in [6.07, 6.45) is 5.45. The topological polar surface area (TPSA) is 106 Å². The zero-order chi connectivity index (χ0) is 24.0. The van der Waals surface area contributed by atoms with Crippen LogP contribution < -0.4 is 10.5 Å². The van der Waals surface area contributed by atoms with Crippen LogP contribution in [0.4, 0.5) is 5.95 Å². The van der Waals surface area contributed by atoms with E-state index in [0.717, 1.165) is 33.8 Å². The maximum atomic E-state index is 12.5. The van der Waals surface area contributed by atoms with Crippen LogP contribution in [0, 0.1) is 0 Å². The molecule has 0 unspecified atom stereocenters. The minimum atomic E-state index is -1.14. The molecule has 1 amide bonds. The van der Waals surface area contributed by atoms with Gasteiger partial charge in [0.2, 0.25) is 5.95 Å². The molecular formula is C27H25N5O3. The molecule has 0 saturated heterocycles. The fourth-order valence-corrected chi connectivity index (χ4v) is 4.48. The first-order valence-electron chi connectivity index (χ1n) is 11.7. The maximum Gasteiger partial charge on any atom is 0.254 e. The molecule has 2 aromatic carbocycles. The first kappa shape index (κ1) is 21.4. The Morgan fingerprint density at radius 1 is 1.03 bits per heavy atom. The molecule has 3 N–H and O–H groups in total. The number of para-hydroxylation sites is 1. The molecule has 4 aromatic rings. The van der Waals surface area contributed by atoms with Crippen LogP contribution in [0.5, 0.6) is 11.5 Å². The van der Waals surface area contributed by atoms with Gasteiger partial charge in [0.25, 0.3) is 5.91 Å². The van der Waals surface area contributed by atoms with Gasteiger partial charge in [0.15, 0.2) is 0 Å². The van der Waals surface area contributed by atoms with Crippen LogP contribution in [0.25, 0.3) is 22.5 Å². The van der Waals surface area contributed by atoms with Gasteiger partial charge < -0.3 is 20.5 Å². The molecule has 176 valence electrons. The monoisotopic (exact) mass is 467 g/mol. The Bertz CT molecular complexity index is 1440. The van der Waals surface area contributed by atoms with Gasteiger partial charge in [-0.3, -0.25) is 9.20 Å². The fourth-order valence-electron chi connectivity index (χ4n) is 4.48. The maximum absolute atomic E-state index is 12.5. The van der Waals surface area contributed by atoms with Crippen molar-refractivity contribution in [2.24, 2.45) is 0 Å².